The van der Waals surface area contributed by atoms with Gasteiger partial charge in [-0.05, 0) is 17.7 Å². The Labute approximate surface area is 121 Å². The van der Waals surface area contributed by atoms with E-state index in [1.54, 1.807) is 25.3 Å². The Bertz CT molecular complexity index is 759. The van der Waals surface area contributed by atoms with E-state index in [0.717, 1.165) is 10.9 Å². The van der Waals surface area contributed by atoms with Crippen LogP contribution in [0.4, 0.5) is 0 Å². The van der Waals surface area contributed by atoms with Crippen LogP contribution in [0.1, 0.15) is 16.1 Å². The summed E-state index contributed by atoms with van der Waals surface area (Å²) < 4.78 is 16.5. The molecule has 3 rings (SSSR count). The van der Waals surface area contributed by atoms with Crippen molar-refractivity contribution in [3.63, 3.8) is 0 Å². The number of carbonyl (C=O) groups is 1. The van der Waals surface area contributed by atoms with Gasteiger partial charge in [0.2, 0.25) is 0 Å². The van der Waals surface area contributed by atoms with E-state index in [4.69, 9.17) is 13.9 Å². The van der Waals surface area contributed by atoms with E-state index in [-0.39, 0.29) is 5.76 Å². The number of fused-ring (bicyclic) bond motifs is 1. The van der Waals surface area contributed by atoms with Crippen LogP contribution < -0.4 is 9.47 Å². The number of benzene rings is 2. The predicted molar refractivity (Wildman–Crippen MR) is 78.9 cm³/mol. The molecule has 0 atom stereocenters. The van der Waals surface area contributed by atoms with Gasteiger partial charge in [-0.25, -0.2) is 0 Å². The fraction of sp³-hybridized carbons (Fsp3) is 0.118. The number of furan rings is 1. The first kappa shape index (κ1) is 13.2. The molecule has 21 heavy (non-hydrogen) atoms. The number of carbonyl (C=O) groups excluding carboxylic acids is 1. The highest BCUT2D eigenvalue weighted by Gasteiger charge is 2.11. The van der Waals surface area contributed by atoms with Crippen molar-refractivity contribution in [3.05, 3.63) is 59.9 Å². The lowest BCUT2D eigenvalue weighted by Gasteiger charge is -2.10. The van der Waals surface area contributed by atoms with Crippen LogP contribution in [0.3, 0.4) is 0 Å². The average Bonchev–Trinajstić information content (AvgIpc) is 2.94. The first-order valence-corrected chi connectivity index (χ1v) is 6.53. The molecule has 106 valence electrons. The molecule has 1 heterocycles. The monoisotopic (exact) mass is 282 g/mol. The number of hydrogen-bond acceptors (Lipinski definition) is 4. The summed E-state index contributed by atoms with van der Waals surface area (Å²) in [5.41, 5.74) is 1.66. The van der Waals surface area contributed by atoms with E-state index >= 15 is 0 Å². The summed E-state index contributed by atoms with van der Waals surface area (Å²) in [6.45, 7) is 0.434. The zero-order chi connectivity index (χ0) is 14.7. The summed E-state index contributed by atoms with van der Waals surface area (Å²) >= 11 is 0. The minimum atomic E-state index is 0.285. The van der Waals surface area contributed by atoms with E-state index in [0.29, 0.717) is 30.0 Å². The van der Waals surface area contributed by atoms with Crippen molar-refractivity contribution in [1.82, 2.24) is 0 Å². The van der Waals surface area contributed by atoms with E-state index in [2.05, 4.69) is 0 Å². The summed E-state index contributed by atoms with van der Waals surface area (Å²) in [6, 6.07) is 15.1. The zero-order valence-corrected chi connectivity index (χ0v) is 11.5. The smallest absolute Gasteiger partial charge is 0.185 e. The topological polar surface area (TPSA) is 48.7 Å². The average molecular weight is 282 g/mol. The quantitative estimate of drug-likeness (QED) is 0.667. The summed E-state index contributed by atoms with van der Waals surface area (Å²) in [5, 5.41) is 0.806. The van der Waals surface area contributed by atoms with Crippen LogP contribution in [0.2, 0.25) is 0 Å². The van der Waals surface area contributed by atoms with Crippen molar-refractivity contribution in [1.29, 1.82) is 0 Å². The van der Waals surface area contributed by atoms with Crippen LogP contribution in [-0.2, 0) is 6.61 Å². The van der Waals surface area contributed by atoms with Crippen LogP contribution in [0.25, 0.3) is 11.0 Å². The van der Waals surface area contributed by atoms with Gasteiger partial charge in [0.1, 0.15) is 12.2 Å². The third kappa shape index (κ3) is 2.74. The maximum Gasteiger partial charge on any atom is 0.185 e. The molecular formula is C17H14O4. The van der Waals surface area contributed by atoms with Crippen molar-refractivity contribution in [2.75, 3.05) is 7.11 Å². The number of methoxy groups -OCH3 is 1. The summed E-state index contributed by atoms with van der Waals surface area (Å²) in [5.74, 6) is 1.48. The lowest BCUT2D eigenvalue weighted by Crippen LogP contribution is -1.97. The molecule has 0 fully saturated rings. The Morgan fingerprint density at radius 3 is 2.62 bits per heavy atom. The molecule has 1 aromatic heterocycles. The van der Waals surface area contributed by atoms with Crippen molar-refractivity contribution >= 4 is 17.3 Å². The normalized spacial score (nSPS) is 10.5. The van der Waals surface area contributed by atoms with Gasteiger partial charge in [0, 0.05) is 11.5 Å². The lowest BCUT2D eigenvalue weighted by atomic mass is 10.2. The second kappa shape index (κ2) is 5.71. The molecular weight excluding hydrogens is 268 g/mol. The molecule has 2 aromatic carbocycles. The van der Waals surface area contributed by atoms with Gasteiger partial charge in [-0.15, -0.1) is 0 Å². The predicted octanol–water partition coefficient (Wildman–Crippen LogP) is 3.83. The molecule has 0 unspecified atom stereocenters. The van der Waals surface area contributed by atoms with Crippen molar-refractivity contribution in [3.8, 4) is 11.5 Å². The third-order valence-electron chi connectivity index (χ3n) is 3.17. The van der Waals surface area contributed by atoms with Gasteiger partial charge in [0.05, 0.1) is 7.11 Å². The Morgan fingerprint density at radius 2 is 1.90 bits per heavy atom. The second-order valence-electron chi connectivity index (χ2n) is 4.58. The first-order valence-electron chi connectivity index (χ1n) is 6.53. The van der Waals surface area contributed by atoms with E-state index in [1.807, 2.05) is 30.3 Å². The van der Waals surface area contributed by atoms with Gasteiger partial charge in [-0.1, -0.05) is 30.3 Å². The van der Waals surface area contributed by atoms with Crippen molar-refractivity contribution in [2.24, 2.45) is 0 Å². The third-order valence-corrected chi connectivity index (χ3v) is 3.17. The standard InChI is InChI=1S/C17H14O4/c1-19-16-8-13-7-14(10-18)21-15(13)9-17(16)20-11-12-5-3-2-4-6-12/h2-10H,11H2,1H3. The number of aldehydes is 1. The van der Waals surface area contributed by atoms with Gasteiger partial charge in [0.15, 0.2) is 23.5 Å². The van der Waals surface area contributed by atoms with Crippen molar-refractivity contribution in [2.45, 2.75) is 6.61 Å². The minimum Gasteiger partial charge on any atom is -0.493 e. The van der Waals surface area contributed by atoms with Gasteiger partial charge in [0.25, 0.3) is 0 Å². The fourth-order valence-corrected chi connectivity index (χ4v) is 2.13. The van der Waals surface area contributed by atoms with Crippen LogP contribution in [0, 0.1) is 0 Å². The van der Waals surface area contributed by atoms with Crippen LogP contribution >= 0.6 is 0 Å². The molecule has 0 saturated carbocycles. The molecule has 4 heteroatoms. The molecule has 3 aromatic rings. The van der Waals surface area contributed by atoms with E-state index in [1.165, 1.54) is 0 Å². The Hall–Kier alpha value is -2.75. The summed E-state index contributed by atoms with van der Waals surface area (Å²) in [4.78, 5) is 10.8. The lowest BCUT2D eigenvalue weighted by molar-refractivity contribution is 0.110. The highest BCUT2D eigenvalue weighted by Crippen LogP contribution is 2.34. The number of rotatable bonds is 5. The van der Waals surface area contributed by atoms with Gasteiger partial charge in [-0.3, -0.25) is 4.79 Å². The van der Waals surface area contributed by atoms with Crippen molar-refractivity contribution < 1.29 is 18.7 Å². The Morgan fingerprint density at radius 1 is 1.10 bits per heavy atom. The molecule has 0 radical (unpaired) electrons. The van der Waals surface area contributed by atoms with Gasteiger partial charge >= 0.3 is 0 Å². The molecule has 0 aliphatic carbocycles. The van der Waals surface area contributed by atoms with E-state index < -0.39 is 0 Å². The van der Waals surface area contributed by atoms with Crippen LogP contribution in [0.15, 0.2) is 52.9 Å². The Kier molecular flexibility index (Phi) is 3.60. The maximum absolute atomic E-state index is 10.8. The van der Waals surface area contributed by atoms with E-state index in [9.17, 15) is 4.79 Å². The molecule has 0 spiro atoms. The second-order valence-corrected chi connectivity index (χ2v) is 4.58. The number of hydrogen-bond donors (Lipinski definition) is 0. The fourth-order valence-electron chi connectivity index (χ4n) is 2.13. The highest BCUT2D eigenvalue weighted by molar-refractivity contribution is 5.87. The summed E-state index contributed by atoms with van der Waals surface area (Å²) in [7, 11) is 1.58. The molecule has 0 aliphatic rings. The van der Waals surface area contributed by atoms with Crippen LogP contribution in [0.5, 0.6) is 11.5 Å². The van der Waals surface area contributed by atoms with Gasteiger partial charge < -0.3 is 13.9 Å². The highest BCUT2D eigenvalue weighted by atomic mass is 16.5. The zero-order valence-electron chi connectivity index (χ0n) is 11.5. The molecule has 4 nitrogen and oxygen atoms in total. The molecule has 0 aliphatic heterocycles. The minimum absolute atomic E-state index is 0.285. The summed E-state index contributed by atoms with van der Waals surface area (Å²) in [6.07, 6.45) is 0.678. The SMILES string of the molecule is COc1cc2cc(C=O)oc2cc1OCc1ccccc1. The Balaban J connectivity index is 1.91. The molecule has 0 bridgehead atoms. The number of ether oxygens (including phenoxy) is 2. The molecule has 0 saturated heterocycles. The maximum atomic E-state index is 10.8. The first-order chi connectivity index (χ1) is 10.3. The molecule has 0 N–H and O–H groups in total. The molecule has 0 amide bonds. The van der Waals surface area contributed by atoms with Gasteiger partial charge in [-0.2, -0.15) is 0 Å². The van der Waals surface area contributed by atoms with Crippen LogP contribution in [-0.4, -0.2) is 13.4 Å². The largest absolute Gasteiger partial charge is 0.493 e.